The predicted octanol–water partition coefficient (Wildman–Crippen LogP) is 4.59. The summed E-state index contributed by atoms with van der Waals surface area (Å²) in [6.07, 6.45) is 0. The zero-order valence-corrected chi connectivity index (χ0v) is 11.8. The highest BCUT2D eigenvalue weighted by Crippen LogP contribution is 2.37. The standard InChI is InChI=1S/C17H13NS/c1-10-7-8-14-16(11(10)2)13-9-19-15-6-4-3-5-12(15)17(13)18-14/h3-9H,1-2H3/p+1. The Hall–Kier alpha value is -1.93. The fraction of sp³-hybridized carbons (Fsp3) is 0.118. The summed E-state index contributed by atoms with van der Waals surface area (Å²) in [4.78, 5) is 3.60. The van der Waals surface area contributed by atoms with E-state index in [1.165, 1.54) is 43.4 Å². The minimum absolute atomic E-state index is 1.24. The first kappa shape index (κ1) is 10.9. The van der Waals surface area contributed by atoms with Gasteiger partial charge in [-0.2, -0.15) is 0 Å². The van der Waals surface area contributed by atoms with Gasteiger partial charge in [-0.1, -0.05) is 18.2 Å². The molecule has 2 aliphatic heterocycles. The second kappa shape index (κ2) is 3.78. The second-order valence-corrected chi connectivity index (χ2v) is 5.99. The molecule has 2 heterocycles. The molecule has 0 saturated carbocycles. The molecule has 0 fully saturated rings. The van der Waals surface area contributed by atoms with Gasteiger partial charge in [-0.15, -0.1) is 11.3 Å². The van der Waals surface area contributed by atoms with Crippen LogP contribution in [0.15, 0.2) is 41.8 Å². The van der Waals surface area contributed by atoms with Gasteiger partial charge in [0.1, 0.15) is 0 Å². The second-order valence-electron chi connectivity index (χ2n) is 5.08. The highest BCUT2D eigenvalue weighted by atomic mass is 32.1. The predicted molar refractivity (Wildman–Crippen MR) is 82.0 cm³/mol. The van der Waals surface area contributed by atoms with E-state index < -0.39 is 0 Å². The molecule has 0 aromatic heterocycles. The lowest BCUT2D eigenvalue weighted by Crippen LogP contribution is -2.00. The average molecular weight is 264 g/mol. The molecule has 0 atom stereocenters. The monoisotopic (exact) mass is 264 g/mol. The van der Waals surface area contributed by atoms with E-state index in [9.17, 15) is 0 Å². The maximum atomic E-state index is 3.60. The summed E-state index contributed by atoms with van der Waals surface area (Å²) in [7, 11) is 0. The molecule has 19 heavy (non-hydrogen) atoms. The number of hydrogen-bond acceptors (Lipinski definition) is 1. The van der Waals surface area contributed by atoms with Crippen molar-refractivity contribution in [2.45, 2.75) is 13.8 Å². The minimum atomic E-state index is 1.24. The fourth-order valence-corrected chi connectivity index (χ4v) is 3.76. The normalized spacial score (nSPS) is 11.7. The van der Waals surface area contributed by atoms with Gasteiger partial charge in [0.25, 0.3) is 0 Å². The largest absolute Gasteiger partial charge is 0.221 e. The molecule has 92 valence electrons. The van der Waals surface area contributed by atoms with Crippen LogP contribution in [0, 0.1) is 13.8 Å². The van der Waals surface area contributed by atoms with Crippen molar-refractivity contribution in [3.8, 4) is 11.3 Å². The first-order valence-corrected chi connectivity index (χ1v) is 7.35. The van der Waals surface area contributed by atoms with E-state index in [-0.39, 0.29) is 0 Å². The van der Waals surface area contributed by atoms with Crippen LogP contribution in [-0.4, -0.2) is 0 Å². The zero-order valence-electron chi connectivity index (χ0n) is 10.9. The molecule has 2 heteroatoms. The molecule has 0 aliphatic carbocycles. The van der Waals surface area contributed by atoms with Crippen LogP contribution in [0.2, 0.25) is 0 Å². The molecule has 2 aliphatic rings. The summed E-state index contributed by atoms with van der Waals surface area (Å²) >= 11 is 1.82. The van der Waals surface area contributed by atoms with E-state index in [0.29, 0.717) is 0 Å². The Kier molecular flexibility index (Phi) is 2.18. The van der Waals surface area contributed by atoms with Crippen molar-refractivity contribution in [2.24, 2.45) is 0 Å². The maximum absolute atomic E-state index is 3.60. The van der Waals surface area contributed by atoms with E-state index >= 15 is 0 Å². The topological polar surface area (TPSA) is 14.1 Å². The van der Waals surface area contributed by atoms with Gasteiger partial charge < -0.3 is 0 Å². The van der Waals surface area contributed by atoms with Gasteiger partial charge in [-0.25, -0.2) is 4.98 Å². The average Bonchev–Trinajstić information content (AvgIpc) is 2.82. The summed E-state index contributed by atoms with van der Waals surface area (Å²) in [5.74, 6) is 0. The molecule has 0 radical (unpaired) electrons. The third-order valence-corrected chi connectivity index (χ3v) is 4.96. The molecule has 1 nitrogen and oxygen atoms in total. The SMILES string of the molecule is Cc1ccc2[nH+]c3c4ccccc4scc-3c2c1C. The highest BCUT2D eigenvalue weighted by Gasteiger charge is 2.23. The first-order valence-electron chi connectivity index (χ1n) is 6.47. The number of rotatable bonds is 0. The molecular weight excluding hydrogens is 250 g/mol. The Morgan fingerprint density at radius 2 is 1.84 bits per heavy atom. The van der Waals surface area contributed by atoms with Crippen LogP contribution in [0.4, 0.5) is 0 Å². The van der Waals surface area contributed by atoms with Gasteiger partial charge in [0.15, 0.2) is 0 Å². The smallest absolute Gasteiger partial charge is 0.204 e. The zero-order chi connectivity index (χ0) is 13.0. The quantitative estimate of drug-likeness (QED) is 0.441. The lowest BCUT2D eigenvalue weighted by molar-refractivity contribution is -0.325. The van der Waals surface area contributed by atoms with Crippen molar-refractivity contribution in [1.82, 2.24) is 0 Å². The summed E-state index contributed by atoms with van der Waals surface area (Å²) < 4.78 is 1.33. The van der Waals surface area contributed by atoms with Crippen molar-refractivity contribution in [3.63, 3.8) is 0 Å². The number of fused-ring (bicyclic) bond motifs is 5. The first-order chi connectivity index (χ1) is 9.25. The van der Waals surface area contributed by atoms with E-state index in [1.807, 2.05) is 11.3 Å². The van der Waals surface area contributed by atoms with Crippen molar-refractivity contribution in [1.29, 1.82) is 0 Å². The van der Waals surface area contributed by atoms with Crippen LogP contribution in [0.1, 0.15) is 11.1 Å². The third kappa shape index (κ3) is 1.44. The van der Waals surface area contributed by atoms with Crippen LogP contribution in [0.5, 0.6) is 0 Å². The van der Waals surface area contributed by atoms with E-state index in [0.717, 1.165) is 0 Å². The van der Waals surface area contributed by atoms with Crippen LogP contribution in [-0.2, 0) is 0 Å². The van der Waals surface area contributed by atoms with Gasteiger partial charge >= 0.3 is 0 Å². The summed E-state index contributed by atoms with van der Waals surface area (Å²) in [6, 6.07) is 13.0. The number of aromatic nitrogens is 1. The van der Waals surface area contributed by atoms with Crippen molar-refractivity contribution < 1.29 is 4.98 Å². The van der Waals surface area contributed by atoms with Crippen molar-refractivity contribution in [2.75, 3.05) is 0 Å². The number of nitrogens with one attached hydrogen (secondary N) is 1. The number of benzene rings is 2. The molecule has 2 aromatic carbocycles. The number of H-pyrrole nitrogens is 1. The molecule has 1 N–H and O–H groups in total. The molecule has 2 aromatic rings. The summed E-state index contributed by atoms with van der Waals surface area (Å²) in [5, 5.41) is 4.97. The van der Waals surface area contributed by atoms with E-state index in [2.05, 4.69) is 60.6 Å². The molecule has 0 amide bonds. The molecule has 0 spiro atoms. The van der Waals surface area contributed by atoms with Crippen molar-refractivity contribution in [3.05, 3.63) is 52.9 Å². The van der Waals surface area contributed by atoms with Gasteiger partial charge in [-0.3, -0.25) is 0 Å². The van der Waals surface area contributed by atoms with Gasteiger partial charge in [-0.05, 0) is 37.1 Å². The Morgan fingerprint density at radius 1 is 1.00 bits per heavy atom. The third-order valence-electron chi connectivity index (χ3n) is 3.99. The molecule has 4 rings (SSSR count). The van der Waals surface area contributed by atoms with Gasteiger partial charge in [0.05, 0.1) is 16.3 Å². The van der Waals surface area contributed by atoms with Gasteiger partial charge in [0, 0.05) is 16.1 Å². The van der Waals surface area contributed by atoms with E-state index in [1.54, 1.807) is 0 Å². The van der Waals surface area contributed by atoms with Gasteiger partial charge in [0.2, 0.25) is 11.2 Å². The maximum Gasteiger partial charge on any atom is 0.221 e. The van der Waals surface area contributed by atoms with Crippen molar-refractivity contribution >= 4 is 32.3 Å². The summed E-state index contributed by atoms with van der Waals surface area (Å²) in [5.41, 5.74) is 6.58. The lowest BCUT2D eigenvalue weighted by Gasteiger charge is -2.01. The Morgan fingerprint density at radius 3 is 2.74 bits per heavy atom. The Bertz CT molecular complexity index is 889. The van der Waals surface area contributed by atoms with Crippen LogP contribution >= 0.6 is 11.3 Å². The molecule has 0 unspecified atom stereocenters. The number of aryl methyl sites for hydroxylation is 2. The molecule has 0 saturated heterocycles. The Labute approximate surface area is 115 Å². The number of hydrogen-bond donors (Lipinski definition) is 0. The highest BCUT2D eigenvalue weighted by molar-refractivity contribution is 7.17. The Balaban J connectivity index is 2.26. The van der Waals surface area contributed by atoms with Crippen LogP contribution in [0.25, 0.3) is 32.2 Å². The van der Waals surface area contributed by atoms with Crippen LogP contribution in [0.3, 0.4) is 0 Å². The summed E-state index contributed by atoms with van der Waals surface area (Å²) in [6.45, 7) is 4.39. The molecular formula is C17H14NS+. The minimum Gasteiger partial charge on any atom is -0.204 e. The lowest BCUT2D eigenvalue weighted by atomic mass is 10.0. The fourth-order valence-electron chi connectivity index (χ4n) is 2.82. The molecule has 0 bridgehead atoms. The number of aromatic amines is 1. The van der Waals surface area contributed by atoms with Crippen LogP contribution < -0.4 is 4.98 Å². The van der Waals surface area contributed by atoms with E-state index in [4.69, 9.17) is 0 Å².